The number of morpholine rings is 4. The smallest absolute Gasteiger partial charge is 0.323 e. The number of carbonyl (C=O) groups excluding carboxylic acids is 1. The Morgan fingerprint density at radius 3 is 1.21 bits per heavy atom. The summed E-state index contributed by atoms with van der Waals surface area (Å²) in [6.45, 7) is 8.19. The van der Waals surface area contributed by atoms with Crippen molar-refractivity contribution in [3.05, 3.63) is 48.5 Å². The summed E-state index contributed by atoms with van der Waals surface area (Å²) in [6.07, 6.45) is 4.27. The third-order valence-electron chi connectivity index (χ3n) is 11.6. The average Bonchev–Trinajstić information content (AvgIpc) is 3.66. The molecule has 56 heavy (non-hydrogen) atoms. The highest BCUT2D eigenvalue weighted by Crippen LogP contribution is 2.35. The summed E-state index contributed by atoms with van der Waals surface area (Å²) in [5, 5.41) is 5.90. The Morgan fingerprint density at radius 2 is 0.839 bits per heavy atom. The van der Waals surface area contributed by atoms with Crippen LogP contribution in [-0.2, 0) is 18.9 Å². The molecule has 0 aliphatic carbocycles. The zero-order valence-electron chi connectivity index (χ0n) is 31.3. The molecule has 6 aliphatic rings. The number of hydrogen-bond acceptors (Lipinski definition) is 15. The minimum atomic E-state index is -0.356. The van der Waals surface area contributed by atoms with Crippen LogP contribution in [-0.4, -0.2) is 139 Å². The Labute approximate surface area is 324 Å². The third-order valence-corrected chi connectivity index (χ3v) is 11.6. The molecule has 17 nitrogen and oxygen atoms in total. The van der Waals surface area contributed by atoms with E-state index in [-0.39, 0.29) is 30.2 Å². The number of aromatic nitrogens is 6. The molecule has 2 amide bonds. The largest absolute Gasteiger partial charge is 0.378 e. The molecule has 17 heteroatoms. The maximum Gasteiger partial charge on any atom is 0.323 e. The molecule has 2 N–H and O–H groups in total. The van der Waals surface area contributed by atoms with Crippen molar-refractivity contribution >= 4 is 41.2 Å². The van der Waals surface area contributed by atoms with Crippen LogP contribution < -0.4 is 30.2 Å². The SMILES string of the molecule is O=C(Nc1ccc(-c2nc(N3CCOCC3)nc(N3C4CCC3COC4)n2)cc1)Nc1ccc(-c2nc(N3CCOCC3)nc(N3C4CCC3COC4)n2)cc1. The Bertz CT molecular complexity index is 1850. The summed E-state index contributed by atoms with van der Waals surface area (Å²) in [4.78, 5) is 51.8. The predicted molar refractivity (Wildman–Crippen MR) is 209 cm³/mol. The molecule has 0 spiro atoms. The molecule has 6 aliphatic heterocycles. The van der Waals surface area contributed by atoms with Crippen LogP contribution in [0, 0.1) is 0 Å². The van der Waals surface area contributed by atoms with Gasteiger partial charge in [-0.25, -0.2) is 4.79 Å². The van der Waals surface area contributed by atoms with E-state index in [9.17, 15) is 4.79 Å². The number of carbonyl (C=O) groups is 1. The van der Waals surface area contributed by atoms with Crippen LogP contribution in [0.4, 0.5) is 40.0 Å². The normalized spacial score (nSPS) is 24.7. The van der Waals surface area contributed by atoms with E-state index < -0.39 is 0 Å². The first-order chi connectivity index (χ1) is 27.6. The Balaban J connectivity index is 0.835. The average molecular weight is 763 g/mol. The summed E-state index contributed by atoms with van der Waals surface area (Å²) in [7, 11) is 0. The first-order valence-corrected chi connectivity index (χ1v) is 19.8. The van der Waals surface area contributed by atoms with Crippen LogP contribution >= 0.6 is 0 Å². The number of anilines is 6. The van der Waals surface area contributed by atoms with Crippen molar-refractivity contribution in [3.63, 3.8) is 0 Å². The number of urea groups is 1. The van der Waals surface area contributed by atoms with E-state index in [1.54, 1.807) is 0 Å². The molecular weight excluding hydrogens is 717 g/mol. The Morgan fingerprint density at radius 1 is 0.482 bits per heavy atom. The lowest BCUT2D eigenvalue weighted by Gasteiger charge is -2.35. The number of amides is 2. The van der Waals surface area contributed by atoms with Gasteiger partial charge in [-0.15, -0.1) is 0 Å². The van der Waals surface area contributed by atoms with Crippen molar-refractivity contribution in [1.82, 2.24) is 29.9 Å². The van der Waals surface area contributed by atoms with E-state index in [0.717, 1.165) is 63.0 Å². The Kier molecular flexibility index (Phi) is 9.66. The lowest BCUT2D eigenvalue weighted by Crippen LogP contribution is -2.47. The van der Waals surface area contributed by atoms with Gasteiger partial charge in [0, 0.05) is 48.7 Å². The molecule has 4 aromatic rings. The lowest BCUT2D eigenvalue weighted by molar-refractivity contribution is 0.0897. The Hall–Kier alpha value is -5.23. The molecule has 4 bridgehead atoms. The van der Waals surface area contributed by atoms with Crippen LogP contribution in [0.1, 0.15) is 25.7 Å². The molecule has 2 aromatic carbocycles. The third kappa shape index (κ3) is 7.15. The van der Waals surface area contributed by atoms with Crippen LogP contribution in [0.25, 0.3) is 22.8 Å². The van der Waals surface area contributed by atoms with E-state index in [4.69, 9.17) is 48.9 Å². The van der Waals surface area contributed by atoms with Gasteiger partial charge in [-0.3, -0.25) is 0 Å². The molecule has 6 saturated heterocycles. The van der Waals surface area contributed by atoms with Crippen molar-refractivity contribution in [2.45, 2.75) is 49.9 Å². The van der Waals surface area contributed by atoms with Gasteiger partial charge in [0.15, 0.2) is 11.6 Å². The summed E-state index contributed by atoms with van der Waals surface area (Å²) < 4.78 is 22.8. The number of rotatable bonds is 8. The van der Waals surface area contributed by atoms with E-state index in [1.165, 1.54) is 0 Å². The van der Waals surface area contributed by atoms with Crippen molar-refractivity contribution in [3.8, 4) is 22.8 Å². The molecule has 2 aromatic heterocycles. The fraction of sp³-hybridized carbons (Fsp3) is 0.513. The molecule has 0 radical (unpaired) electrons. The second-order valence-electron chi connectivity index (χ2n) is 15.1. The monoisotopic (exact) mass is 762 g/mol. The van der Waals surface area contributed by atoms with Gasteiger partial charge in [-0.05, 0) is 74.2 Å². The van der Waals surface area contributed by atoms with Gasteiger partial charge < -0.3 is 49.2 Å². The number of fused-ring (bicyclic) bond motifs is 4. The molecule has 292 valence electrons. The van der Waals surface area contributed by atoms with Crippen LogP contribution in [0.2, 0.25) is 0 Å². The summed E-state index contributed by atoms with van der Waals surface area (Å²) in [5.74, 6) is 3.89. The minimum absolute atomic E-state index is 0.267. The molecule has 8 heterocycles. The van der Waals surface area contributed by atoms with Crippen LogP contribution in [0.3, 0.4) is 0 Å². The first-order valence-electron chi connectivity index (χ1n) is 19.8. The highest BCUT2D eigenvalue weighted by molar-refractivity contribution is 6.00. The van der Waals surface area contributed by atoms with Crippen LogP contribution in [0.5, 0.6) is 0 Å². The molecular formula is C39H46N12O5. The number of hydrogen-bond donors (Lipinski definition) is 2. The number of benzene rings is 2. The second kappa shape index (κ2) is 15.4. The van der Waals surface area contributed by atoms with Gasteiger partial charge in [0.25, 0.3) is 0 Å². The standard InChI is InChI=1S/C39H46N12O5/c52-39(40-27-5-1-25(2-6-27)33-42-35(48-13-17-53-18-14-48)46-37(44-33)50-29-9-10-30(50)22-55-21-29)41-28-7-3-26(4-8-28)34-43-36(49-15-19-54-20-16-49)47-38(45-34)51-31-11-12-32(51)24-56-23-31/h1-8,29-32H,9-24H2,(H2,40,41,52). The maximum atomic E-state index is 13.2. The second-order valence-corrected chi connectivity index (χ2v) is 15.1. The van der Waals surface area contributed by atoms with Gasteiger partial charge in [0.05, 0.1) is 77.0 Å². The highest BCUT2D eigenvalue weighted by atomic mass is 16.5. The van der Waals surface area contributed by atoms with Gasteiger partial charge >= 0.3 is 6.03 Å². The van der Waals surface area contributed by atoms with Crippen molar-refractivity contribution in [1.29, 1.82) is 0 Å². The molecule has 4 atom stereocenters. The van der Waals surface area contributed by atoms with E-state index in [0.29, 0.717) is 99.7 Å². The number of nitrogens with one attached hydrogen (secondary N) is 2. The van der Waals surface area contributed by atoms with E-state index in [1.807, 2.05) is 48.5 Å². The fourth-order valence-electron chi connectivity index (χ4n) is 8.62. The molecule has 10 rings (SSSR count). The lowest BCUT2D eigenvalue weighted by atomic mass is 10.2. The van der Waals surface area contributed by atoms with Gasteiger partial charge in [-0.2, -0.15) is 29.9 Å². The summed E-state index contributed by atoms with van der Waals surface area (Å²) in [6, 6.07) is 15.9. The van der Waals surface area contributed by atoms with Gasteiger partial charge in [0.2, 0.25) is 23.8 Å². The quantitative estimate of drug-likeness (QED) is 0.268. The fourth-order valence-corrected chi connectivity index (χ4v) is 8.62. The number of ether oxygens (including phenoxy) is 4. The minimum Gasteiger partial charge on any atom is -0.378 e. The van der Waals surface area contributed by atoms with E-state index >= 15 is 0 Å². The maximum absolute atomic E-state index is 13.2. The van der Waals surface area contributed by atoms with E-state index in [2.05, 4.69) is 30.2 Å². The van der Waals surface area contributed by atoms with Gasteiger partial charge in [-0.1, -0.05) is 0 Å². The zero-order chi connectivity index (χ0) is 37.4. The zero-order valence-corrected chi connectivity index (χ0v) is 31.3. The highest BCUT2D eigenvalue weighted by Gasteiger charge is 2.41. The van der Waals surface area contributed by atoms with Crippen molar-refractivity contribution < 1.29 is 23.7 Å². The van der Waals surface area contributed by atoms with Crippen LogP contribution in [0.15, 0.2) is 48.5 Å². The number of nitrogens with zero attached hydrogens (tertiary/aromatic N) is 10. The van der Waals surface area contributed by atoms with Gasteiger partial charge in [0.1, 0.15) is 0 Å². The molecule has 4 unspecified atom stereocenters. The van der Waals surface area contributed by atoms with Crippen molar-refractivity contribution in [2.24, 2.45) is 0 Å². The first kappa shape index (κ1) is 35.2. The summed E-state index contributed by atoms with van der Waals surface area (Å²) >= 11 is 0. The molecule has 6 fully saturated rings. The van der Waals surface area contributed by atoms with Crippen molar-refractivity contribution in [2.75, 3.05) is 109 Å². The predicted octanol–water partition coefficient (Wildman–Crippen LogP) is 3.44. The summed E-state index contributed by atoms with van der Waals surface area (Å²) in [5.41, 5.74) is 2.96. The topological polar surface area (TPSA) is 168 Å². The molecule has 0 saturated carbocycles.